The summed E-state index contributed by atoms with van der Waals surface area (Å²) in [5.41, 5.74) is -5.13. The van der Waals surface area contributed by atoms with Gasteiger partial charge in [-0.15, -0.1) is 0 Å². The third-order valence-corrected chi connectivity index (χ3v) is 5.58. The van der Waals surface area contributed by atoms with Gasteiger partial charge in [-0.05, 0) is 71.8 Å². The topological polar surface area (TPSA) is 44.8 Å². The molecule has 0 atom stereocenters. The first-order chi connectivity index (χ1) is 15.3. The molecule has 0 aromatic heterocycles. The van der Waals surface area contributed by atoms with E-state index in [-0.39, 0.29) is 23.5 Å². The van der Waals surface area contributed by atoms with Crippen LogP contribution in [-0.2, 0) is 21.5 Å². The van der Waals surface area contributed by atoms with E-state index in [0.29, 0.717) is 27.4 Å². The number of aryl methyl sites for hydroxylation is 1. The fourth-order valence-corrected chi connectivity index (χ4v) is 3.79. The molecule has 0 aliphatic rings. The maximum absolute atomic E-state index is 13.8. The van der Waals surface area contributed by atoms with Gasteiger partial charge in [0.15, 0.2) is 5.78 Å². The van der Waals surface area contributed by atoms with E-state index in [1.807, 2.05) is 22.6 Å². The van der Waals surface area contributed by atoms with Crippen LogP contribution in [0.4, 0.5) is 26.3 Å². The van der Waals surface area contributed by atoms with Crippen molar-refractivity contribution in [1.29, 1.82) is 0 Å². The smallest absolute Gasteiger partial charge is 0.430 e. The van der Waals surface area contributed by atoms with Gasteiger partial charge in [-0.25, -0.2) is 0 Å². The number of carbonyl (C=O) groups is 1. The molecule has 2 aromatic rings. The van der Waals surface area contributed by atoms with E-state index in [2.05, 4.69) is 9.47 Å². The molecule has 0 amide bonds. The summed E-state index contributed by atoms with van der Waals surface area (Å²) in [5, 5.41) is 0. The molecule has 2 rings (SSSR count). The number of ketones is 1. The van der Waals surface area contributed by atoms with Crippen LogP contribution < -0.4 is 4.74 Å². The highest BCUT2D eigenvalue weighted by atomic mass is 127. The molecular weight excluding hydrogens is 569 g/mol. The Morgan fingerprint density at radius 1 is 0.970 bits per heavy atom. The van der Waals surface area contributed by atoms with Crippen LogP contribution in [0.2, 0.25) is 0 Å². The van der Waals surface area contributed by atoms with Crippen molar-refractivity contribution in [3.8, 4) is 11.5 Å². The van der Waals surface area contributed by atoms with Gasteiger partial charge in [0.25, 0.3) is 5.60 Å². The summed E-state index contributed by atoms with van der Waals surface area (Å²) in [6.45, 7) is 1.90. The number of halogens is 7. The number of rotatable bonds is 9. The Bertz CT molecular complexity index is 974. The molecule has 0 spiro atoms. The van der Waals surface area contributed by atoms with Crippen LogP contribution in [0, 0.1) is 3.57 Å². The van der Waals surface area contributed by atoms with Crippen LogP contribution in [0.15, 0.2) is 36.4 Å². The molecule has 0 bridgehead atoms. The predicted octanol–water partition coefficient (Wildman–Crippen LogP) is 7.18. The third kappa shape index (κ3) is 5.80. The van der Waals surface area contributed by atoms with Crippen LogP contribution in [0.3, 0.4) is 0 Å². The lowest BCUT2D eigenvalue weighted by molar-refractivity contribution is -0.400. The number of benzene rings is 2. The van der Waals surface area contributed by atoms with Crippen molar-refractivity contribution < 1.29 is 45.3 Å². The van der Waals surface area contributed by atoms with E-state index in [0.717, 1.165) is 19.2 Å². The van der Waals surface area contributed by atoms with Crippen molar-refractivity contribution in [2.45, 2.75) is 44.6 Å². The summed E-state index contributed by atoms with van der Waals surface area (Å²) in [7, 11) is 0.927. The SMILES string of the molecule is CCCc1cc(C(OCOC)(C(F)(F)F)C(F)(F)F)ccc1Oc1ccc(C(C)=O)cc1I. The number of carbonyl (C=O) groups excluding carboxylic acids is 1. The second-order valence-electron chi connectivity index (χ2n) is 7.10. The molecule has 0 radical (unpaired) electrons. The van der Waals surface area contributed by atoms with Crippen LogP contribution in [0.1, 0.15) is 41.8 Å². The monoisotopic (exact) mass is 590 g/mol. The summed E-state index contributed by atoms with van der Waals surface area (Å²) in [6, 6.07) is 7.14. The molecule has 0 unspecified atom stereocenters. The number of hydrogen-bond donors (Lipinski definition) is 0. The fourth-order valence-electron chi connectivity index (χ4n) is 3.17. The quantitative estimate of drug-likeness (QED) is 0.134. The Kier molecular flexibility index (Phi) is 8.80. The minimum absolute atomic E-state index is 0.0964. The zero-order valence-corrected chi connectivity index (χ0v) is 20.0. The lowest BCUT2D eigenvalue weighted by Gasteiger charge is -2.37. The Morgan fingerprint density at radius 2 is 1.58 bits per heavy atom. The van der Waals surface area contributed by atoms with Gasteiger partial charge in [-0.1, -0.05) is 19.4 Å². The number of alkyl halides is 6. The number of methoxy groups -OCH3 is 1. The van der Waals surface area contributed by atoms with Gasteiger partial charge in [0.05, 0.1) is 3.57 Å². The predicted molar refractivity (Wildman–Crippen MR) is 116 cm³/mol. The van der Waals surface area contributed by atoms with Gasteiger partial charge in [0.2, 0.25) is 0 Å². The van der Waals surface area contributed by atoms with E-state index >= 15 is 0 Å². The van der Waals surface area contributed by atoms with E-state index in [4.69, 9.17) is 4.74 Å². The van der Waals surface area contributed by atoms with Gasteiger partial charge < -0.3 is 14.2 Å². The second-order valence-corrected chi connectivity index (χ2v) is 8.27. The molecule has 0 saturated carbocycles. The fraction of sp³-hybridized carbons (Fsp3) is 0.409. The highest BCUT2D eigenvalue weighted by molar-refractivity contribution is 14.1. The van der Waals surface area contributed by atoms with Gasteiger partial charge in [0.1, 0.15) is 18.3 Å². The molecule has 0 saturated heterocycles. The number of hydrogen-bond acceptors (Lipinski definition) is 4. The van der Waals surface area contributed by atoms with Crippen LogP contribution in [-0.4, -0.2) is 32.0 Å². The summed E-state index contributed by atoms with van der Waals surface area (Å²) in [6.07, 6.45) is -11.0. The van der Waals surface area contributed by atoms with Crippen molar-refractivity contribution >= 4 is 28.4 Å². The summed E-state index contributed by atoms with van der Waals surface area (Å²) >= 11 is 1.93. The van der Waals surface area contributed by atoms with Crippen molar-refractivity contribution in [2.75, 3.05) is 13.9 Å². The molecule has 11 heteroatoms. The van der Waals surface area contributed by atoms with E-state index in [1.54, 1.807) is 13.0 Å². The van der Waals surface area contributed by atoms with Gasteiger partial charge >= 0.3 is 12.4 Å². The Balaban J connectivity index is 2.61. The zero-order valence-electron chi connectivity index (χ0n) is 17.9. The zero-order chi connectivity index (χ0) is 25.0. The minimum atomic E-state index is -5.81. The summed E-state index contributed by atoms with van der Waals surface area (Å²) in [5.74, 6) is 0.237. The largest absolute Gasteiger partial charge is 0.456 e. The molecule has 4 nitrogen and oxygen atoms in total. The molecule has 0 fully saturated rings. The van der Waals surface area contributed by atoms with E-state index in [1.165, 1.54) is 19.1 Å². The van der Waals surface area contributed by atoms with Crippen molar-refractivity contribution in [3.05, 3.63) is 56.7 Å². The lowest BCUT2D eigenvalue weighted by atomic mass is 9.89. The Morgan fingerprint density at radius 3 is 2.06 bits per heavy atom. The summed E-state index contributed by atoms with van der Waals surface area (Å²) in [4.78, 5) is 11.5. The number of ether oxygens (including phenoxy) is 3. The first-order valence-corrected chi connectivity index (χ1v) is 10.7. The van der Waals surface area contributed by atoms with E-state index in [9.17, 15) is 31.1 Å². The van der Waals surface area contributed by atoms with Crippen molar-refractivity contribution in [3.63, 3.8) is 0 Å². The molecule has 33 heavy (non-hydrogen) atoms. The second kappa shape index (κ2) is 10.6. The first-order valence-electron chi connectivity index (χ1n) is 9.66. The Labute approximate surface area is 200 Å². The van der Waals surface area contributed by atoms with Crippen molar-refractivity contribution in [1.82, 2.24) is 0 Å². The molecule has 0 heterocycles. The molecule has 0 N–H and O–H groups in total. The summed E-state index contributed by atoms with van der Waals surface area (Å²) < 4.78 is 98.0. The van der Waals surface area contributed by atoms with E-state index < -0.39 is 30.3 Å². The first kappa shape index (κ1) is 27.4. The van der Waals surface area contributed by atoms with Gasteiger partial charge in [-0.2, -0.15) is 26.3 Å². The van der Waals surface area contributed by atoms with Crippen LogP contribution in [0.5, 0.6) is 11.5 Å². The molecular formula is C22H21F6IO4. The van der Waals surface area contributed by atoms with Crippen molar-refractivity contribution in [2.24, 2.45) is 0 Å². The minimum Gasteiger partial charge on any atom is -0.456 e. The highest BCUT2D eigenvalue weighted by Crippen LogP contribution is 2.53. The van der Waals surface area contributed by atoms with Gasteiger partial charge in [-0.3, -0.25) is 4.79 Å². The highest BCUT2D eigenvalue weighted by Gasteiger charge is 2.73. The molecule has 2 aromatic carbocycles. The average molecular weight is 590 g/mol. The van der Waals surface area contributed by atoms with Gasteiger partial charge in [0, 0.05) is 18.2 Å². The number of Topliss-reactive ketones (excluding diaryl/α,β-unsaturated/α-hetero) is 1. The molecule has 0 aliphatic heterocycles. The lowest BCUT2D eigenvalue weighted by Crippen LogP contribution is -2.56. The van der Waals surface area contributed by atoms with Crippen LogP contribution >= 0.6 is 22.6 Å². The maximum Gasteiger partial charge on any atom is 0.430 e. The van der Waals surface area contributed by atoms with Crippen LogP contribution in [0.25, 0.3) is 0 Å². The third-order valence-electron chi connectivity index (χ3n) is 4.74. The maximum atomic E-state index is 13.8. The average Bonchev–Trinajstić information content (AvgIpc) is 2.69. The molecule has 0 aliphatic carbocycles. The molecule has 182 valence electrons. The Hall–Kier alpha value is -1.86. The normalized spacial score (nSPS) is 12.7. The standard InChI is InChI=1S/C22H21F6IO4/c1-4-5-15-10-16(20(21(23,24)25,22(26,27)28)32-12-31-3)7-9-18(15)33-19-8-6-14(13(2)30)11-17(19)29/h6-11H,4-5,12H2,1-3H3.